The van der Waals surface area contributed by atoms with Gasteiger partial charge in [0.25, 0.3) is 8.32 Å². The largest absolute Gasteiger partial charge is 0.405 e. The van der Waals surface area contributed by atoms with E-state index in [9.17, 15) is 10.2 Å². The zero-order valence-electron chi connectivity index (χ0n) is 17.6. The molecule has 0 fully saturated rings. The van der Waals surface area contributed by atoms with Crippen LogP contribution < -0.4 is 10.4 Å². The number of ether oxygens (including phenoxy) is 1. The predicted molar refractivity (Wildman–Crippen MR) is 117 cm³/mol. The van der Waals surface area contributed by atoms with Gasteiger partial charge in [0.15, 0.2) is 0 Å². The molecular formula is C23H34O4Si. The Labute approximate surface area is 170 Å². The van der Waals surface area contributed by atoms with Crippen molar-refractivity contribution in [3.05, 3.63) is 60.7 Å². The Hall–Kier alpha value is -1.50. The summed E-state index contributed by atoms with van der Waals surface area (Å²) in [5.74, 6) is 0. The molecule has 0 saturated heterocycles. The number of benzene rings is 2. The average Bonchev–Trinajstić information content (AvgIpc) is 2.70. The highest BCUT2D eigenvalue weighted by Crippen LogP contribution is 2.38. The quantitative estimate of drug-likeness (QED) is 0.633. The summed E-state index contributed by atoms with van der Waals surface area (Å²) in [5, 5.41) is 21.7. The van der Waals surface area contributed by atoms with E-state index in [0.717, 1.165) is 0 Å². The molecule has 154 valence electrons. The van der Waals surface area contributed by atoms with Gasteiger partial charge in [-0.3, -0.25) is 0 Å². The molecule has 0 heterocycles. The summed E-state index contributed by atoms with van der Waals surface area (Å²) in [6.45, 7) is 8.41. The van der Waals surface area contributed by atoms with E-state index >= 15 is 0 Å². The highest BCUT2D eigenvalue weighted by molar-refractivity contribution is 6.99. The third-order valence-electron chi connectivity index (χ3n) is 5.28. The number of hydrogen-bond donors (Lipinski definition) is 2. The monoisotopic (exact) mass is 402 g/mol. The molecule has 0 spiro atoms. The lowest BCUT2D eigenvalue weighted by molar-refractivity contribution is -0.0540. The fourth-order valence-corrected chi connectivity index (χ4v) is 8.61. The van der Waals surface area contributed by atoms with Crippen LogP contribution in [0.4, 0.5) is 0 Å². The van der Waals surface area contributed by atoms with Gasteiger partial charge in [-0.1, -0.05) is 81.4 Å². The molecule has 0 aliphatic rings. The molecule has 3 atom stereocenters. The van der Waals surface area contributed by atoms with Gasteiger partial charge in [-0.05, 0) is 22.3 Å². The van der Waals surface area contributed by atoms with Crippen LogP contribution in [-0.2, 0) is 9.16 Å². The molecule has 2 rings (SSSR count). The van der Waals surface area contributed by atoms with Crippen molar-refractivity contribution in [3.63, 3.8) is 0 Å². The molecule has 0 bridgehead atoms. The predicted octanol–water partition coefficient (Wildman–Crippen LogP) is 2.71. The summed E-state index contributed by atoms with van der Waals surface area (Å²) >= 11 is 0. The third-order valence-corrected chi connectivity index (χ3v) is 10.4. The second kappa shape index (κ2) is 9.81. The molecule has 0 amide bonds. The van der Waals surface area contributed by atoms with Gasteiger partial charge < -0.3 is 19.4 Å². The Morgan fingerprint density at radius 2 is 1.39 bits per heavy atom. The first kappa shape index (κ1) is 22.8. The normalized spacial score (nSPS) is 15.8. The highest BCUT2D eigenvalue weighted by atomic mass is 28.4. The van der Waals surface area contributed by atoms with Crippen molar-refractivity contribution in [1.82, 2.24) is 0 Å². The number of methoxy groups -OCH3 is 1. The van der Waals surface area contributed by atoms with Crippen molar-refractivity contribution >= 4 is 18.7 Å². The van der Waals surface area contributed by atoms with E-state index in [2.05, 4.69) is 69.3 Å². The van der Waals surface area contributed by atoms with Crippen LogP contribution in [0.3, 0.4) is 0 Å². The van der Waals surface area contributed by atoms with Crippen LogP contribution in [0.1, 0.15) is 34.1 Å². The molecule has 0 saturated carbocycles. The summed E-state index contributed by atoms with van der Waals surface area (Å²) < 4.78 is 12.4. The van der Waals surface area contributed by atoms with Crippen LogP contribution in [0.25, 0.3) is 0 Å². The van der Waals surface area contributed by atoms with Gasteiger partial charge in [0.1, 0.15) is 6.10 Å². The van der Waals surface area contributed by atoms with Crippen LogP contribution in [0.15, 0.2) is 60.7 Å². The first-order valence-electron chi connectivity index (χ1n) is 9.86. The van der Waals surface area contributed by atoms with Crippen LogP contribution >= 0.6 is 0 Å². The fraction of sp³-hybridized carbons (Fsp3) is 0.478. The second-order valence-corrected chi connectivity index (χ2v) is 12.6. The maximum atomic E-state index is 10.0. The molecule has 2 N–H and O–H groups in total. The van der Waals surface area contributed by atoms with Gasteiger partial charge in [-0.25, -0.2) is 0 Å². The van der Waals surface area contributed by atoms with Crippen molar-refractivity contribution < 1.29 is 19.4 Å². The number of rotatable bonds is 9. The number of hydrogen-bond acceptors (Lipinski definition) is 4. The fourth-order valence-electron chi connectivity index (χ4n) is 3.90. The van der Waals surface area contributed by atoms with E-state index in [4.69, 9.17) is 9.16 Å². The van der Waals surface area contributed by atoms with Crippen molar-refractivity contribution in [1.29, 1.82) is 0 Å². The summed E-state index contributed by atoms with van der Waals surface area (Å²) in [7, 11) is -1.08. The number of aliphatic hydroxyl groups is 2. The molecular weight excluding hydrogens is 368 g/mol. The zero-order chi connectivity index (χ0) is 20.8. The van der Waals surface area contributed by atoms with Gasteiger partial charge in [0, 0.05) is 19.6 Å². The maximum Gasteiger partial charge on any atom is 0.261 e. The van der Waals surface area contributed by atoms with Crippen molar-refractivity contribution in [2.24, 2.45) is 0 Å². The Bertz CT molecular complexity index is 660. The van der Waals surface area contributed by atoms with Gasteiger partial charge in [-0.15, -0.1) is 0 Å². The zero-order valence-corrected chi connectivity index (χ0v) is 18.6. The van der Waals surface area contributed by atoms with E-state index in [1.54, 1.807) is 7.11 Å². The molecule has 0 aromatic heterocycles. The van der Waals surface area contributed by atoms with Gasteiger partial charge in [0.05, 0.1) is 12.7 Å². The lowest BCUT2D eigenvalue weighted by Gasteiger charge is -2.45. The van der Waals surface area contributed by atoms with Crippen LogP contribution in [0.2, 0.25) is 5.04 Å². The number of aliphatic hydroxyl groups excluding tert-OH is 2. The molecule has 28 heavy (non-hydrogen) atoms. The first-order valence-corrected chi connectivity index (χ1v) is 11.8. The van der Waals surface area contributed by atoms with Crippen LogP contribution in [0.5, 0.6) is 0 Å². The smallest absolute Gasteiger partial charge is 0.261 e. The Balaban J connectivity index is 2.49. The molecule has 4 nitrogen and oxygen atoms in total. The Kier molecular flexibility index (Phi) is 7.98. The topological polar surface area (TPSA) is 58.9 Å². The van der Waals surface area contributed by atoms with Crippen molar-refractivity contribution in [3.8, 4) is 0 Å². The highest BCUT2D eigenvalue weighted by Gasteiger charge is 2.51. The van der Waals surface area contributed by atoms with E-state index < -0.39 is 20.5 Å². The lowest BCUT2D eigenvalue weighted by Crippen LogP contribution is -2.67. The molecule has 0 unspecified atom stereocenters. The Morgan fingerprint density at radius 3 is 1.75 bits per heavy atom. The standard InChI is InChI=1S/C23H34O4Si/c1-18(16-22(26-5)21(25)17-24)27-28(23(2,3)4,19-12-8-6-9-13-19)20-14-10-7-11-15-20/h6-15,18,21-22,24-25H,16-17H2,1-5H3/t18-,21+,22+/m1/s1. The molecule has 0 radical (unpaired) electrons. The molecule has 5 heteroatoms. The minimum absolute atomic E-state index is 0.109. The Morgan fingerprint density at radius 1 is 0.929 bits per heavy atom. The minimum atomic E-state index is -2.64. The average molecular weight is 403 g/mol. The summed E-state index contributed by atoms with van der Waals surface area (Å²) in [6.07, 6.45) is -1.05. The maximum absolute atomic E-state index is 10.0. The van der Waals surface area contributed by atoms with Gasteiger partial charge in [0.2, 0.25) is 0 Å². The molecule has 2 aromatic carbocycles. The summed E-state index contributed by atoms with van der Waals surface area (Å²) in [4.78, 5) is 0. The van der Waals surface area contributed by atoms with E-state index in [1.165, 1.54) is 10.4 Å². The first-order chi connectivity index (χ1) is 13.3. The van der Waals surface area contributed by atoms with E-state index in [1.807, 2.05) is 19.1 Å². The van der Waals surface area contributed by atoms with E-state index in [-0.39, 0.29) is 17.7 Å². The molecule has 0 aliphatic heterocycles. The van der Waals surface area contributed by atoms with Crippen molar-refractivity contribution in [2.45, 2.75) is 57.5 Å². The molecule has 0 aliphatic carbocycles. The van der Waals surface area contributed by atoms with E-state index in [0.29, 0.717) is 6.42 Å². The molecule has 2 aromatic rings. The van der Waals surface area contributed by atoms with Crippen LogP contribution in [-0.4, -0.2) is 50.6 Å². The summed E-state index contributed by atoms with van der Waals surface area (Å²) in [6, 6.07) is 20.9. The lowest BCUT2D eigenvalue weighted by atomic mass is 10.1. The van der Waals surface area contributed by atoms with Gasteiger partial charge in [-0.2, -0.15) is 0 Å². The SMILES string of the molecule is CO[C@@H](C[C@@H](C)O[Si](c1ccccc1)(c1ccccc1)C(C)(C)C)[C@@H](O)CO. The van der Waals surface area contributed by atoms with Gasteiger partial charge >= 0.3 is 0 Å². The third kappa shape index (κ3) is 4.91. The van der Waals surface area contributed by atoms with Crippen LogP contribution in [0, 0.1) is 0 Å². The van der Waals surface area contributed by atoms with Crippen molar-refractivity contribution in [2.75, 3.05) is 13.7 Å². The minimum Gasteiger partial charge on any atom is -0.405 e. The summed E-state index contributed by atoms with van der Waals surface area (Å²) in [5.41, 5.74) is 0. The second-order valence-electron chi connectivity index (χ2n) is 8.35.